The van der Waals surface area contributed by atoms with E-state index in [9.17, 15) is 0 Å². The van der Waals surface area contributed by atoms with Crippen molar-refractivity contribution in [2.24, 2.45) is 0 Å². The topological polar surface area (TPSA) is 20.2 Å². The second kappa shape index (κ2) is 25.2. The van der Waals surface area contributed by atoms with Crippen LogP contribution in [0, 0.1) is 6.92 Å². The van der Waals surface area contributed by atoms with E-state index < -0.39 is 0 Å². The molecule has 0 amide bonds. The first kappa shape index (κ1) is 15.9. The fraction of sp³-hybridized carbons (Fsp3) is 0.833. The SMILES string of the molecule is CCCCO.[CH2-]C.[Mg+2]. The summed E-state index contributed by atoms with van der Waals surface area (Å²) in [6.07, 6.45) is 2.04. The normalized spacial score (nSPS) is 6.00. The predicted octanol–water partition coefficient (Wildman–Crippen LogP) is 1.24. The van der Waals surface area contributed by atoms with E-state index in [1.807, 2.05) is 0 Å². The molecule has 0 aromatic heterocycles. The summed E-state index contributed by atoms with van der Waals surface area (Å²) < 4.78 is 0. The van der Waals surface area contributed by atoms with Crippen LogP contribution in [0.1, 0.15) is 26.7 Å². The van der Waals surface area contributed by atoms with Crippen LogP contribution < -0.4 is 0 Å². The van der Waals surface area contributed by atoms with Crippen LogP contribution in [-0.4, -0.2) is 34.8 Å². The average Bonchev–Trinajstić information content (AvgIpc) is 1.75. The van der Waals surface area contributed by atoms with Crippen molar-refractivity contribution < 1.29 is 5.11 Å². The van der Waals surface area contributed by atoms with Gasteiger partial charge in [-0.25, -0.2) is 0 Å². The van der Waals surface area contributed by atoms with E-state index in [0.717, 1.165) is 12.8 Å². The van der Waals surface area contributed by atoms with Gasteiger partial charge in [0.2, 0.25) is 0 Å². The van der Waals surface area contributed by atoms with Crippen LogP contribution in [0.15, 0.2) is 0 Å². The van der Waals surface area contributed by atoms with Gasteiger partial charge in [0.25, 0.3) is 0 Å². The third-order valence-corrected chi connectivity index (χ3v) is 0.512. The Bertz CT molecular complexity index is 16.0. The number of hydrogen-bond acceptors (Lipinski definition) is 1. The number of aliphatic hydroxyl groups is 1. The molecular weight excluding hydrogens is 112 g/mol. The van der Waals surface area contributed by atoms with Gasteiger partial charge in [-0.05, 0) is 6.42 Å². The maximum atomic E-state index is 8.07. The van der Waals surface area contributed by atoms with Gasteiger partial charge in [-0.3, -0.25) is 0 Å². The van der Waals surface area contributed by atoms with Crippen molar-refractivity contribution in [2.45, 2.75) is 26.7 Å². The molecule has 0 saturated heterocycles. The molecule has 2 heteroatoms. The summed E-state index contributed by atoms with van der Waals surface area (Å²) in [5.41, 5.74) is 0. The Morgan fingerprint density at radius 2 is 1.75 bits per heavy atom. The van der Waals surface area contributed by atoms with Crippen molar-refractivity contribution in [2.75, 3.05) is 6.61 Å². The smallest absolute Gasteiger partial charge is 0.396 e. The molecule has 0 spiro atoms. The minimum absolute atomic E-state index is 0. The Morgan fingerprint density at radius 3 is 1.75 bits per heavy atom. The molecule has 0 aliphatic carbocycles. The van der Waals surface area contributed by atoms with Gasteiger partial charge < -0.3 is 12.0 Å². The van der Waals surface area contributed by atoms with E-state index in [0.29, 0.717) is 6.61 Å². The Kier molecular flexibility index (Phi) is 50.0. The molecule has 0 aromatic carbocycles. The molecule has 46 valence electrons. The first-order valence-corrected chi connectivity index (χ1v) is 2.73. The number of rotatable bonds is 2. The average molecular weight is 127 g/mol. The zero-order valence-electron chi connectivity index (χ0n) is 5.98. The van der Waals surface area contributed by atoms with Gasteiger partial charge in [-0.15, -0.1) is 0 Å². The summed E-state index contributed by atoms with van der Waals surface area (Å²) in [7, 11) is 0. The van der Waals surface area contributed by atoms with Crippen LogP contribution in [-0.2, 0) is 0 Å². The largest absolute Gasteiger partial charge is 2.00 e. The molecule has 0 bridgehead atoms. The van der Waals surface area contributed by atoms with Crippen LogP contribution in [0.3, 0.4) is 0 Å². The third-order valence-electron chi connectivity index (χ3n) is 0.512. The van der Waals surface area contributed by atoms with Gasteiger partial charge >= 0.3 is 23.1 Å². The number of aliphatic hydroxyl groups excluding tert-OH is 1. The summed E-state index contributed by atoms with van der Waals surface area (Å²) in [5, 5.41) is 8.07. The van der Waals surface area contributed by atoms with Gasteiger partial charge in [0.1, 0.15) is 0 Å². The van der Waals surface area contributed by atoms with E-state index in [4.69, 9.17) is 5.11 Å². The summed E-state index contributed by atoms with van der Waals surface area (Å²) in [6, 6.07) is 0. The van der Waals surface area contributed by atoms with Crippen molar-refractivity contribution in [3.63, 3.8) is 0 Å². The van der Waals surface area contributed by atoms with Crippen molar-refractivity contribution >= 4 is 23.1 Å². The van der Waals surface area contributed by atoms with Crippen LogP contribution in [0.5, 0.6) is 0 Å². The van der Waals surface area contributed by atoms with E-state index in [-0.39, 0.29) is 23.1 Å². The summed E-state index contributed by atoms with van der Waals surface area (Å²) in [5.74, 6) is 0. The van der Waals surface area contributed by atoms with Crippen molar-refractivity contribution in [3.05, 3.63) is 6.92 Å². The van der Waals surface area contributed by atoms with Gasteiger partial charge in [0.05, 0.1) is 0 Å². The van der Waals surface area contributed by atoms with Crippen LogP contribution in [0.2, 0.25) is 0 Å². The Hall–Kier alpha value is 0.726. The molecular formula is C6H15MgO+. The molecule has 0 unspecified atom stereocenters. The fourth-order valence-corrected chi connectivity index (χ4v) is 0.158. The molecule has 0 radical (unpaired) electrons. The first-order valence-electron chi connectivity index (χ1n) is 2.73. The minimum atomic E-state index is 0. The molecule has 0 aliphatic rings. The summed E-state index contributed by atoms with van der Waals surface area (Å²) >= 11 is 0. The fourth-order valence-electron chi connectivity index (χ4n) is 0.158. The van der Waals surface area contributed by atoms with Crippen LogP contribution in [0.25, 0.3) is 0 Å². The Morgan fingerprint density at radius 1 is 1.38 bits per heavy atom. The van der Waals surface area contributed by atoms with Crippen molar-refractivity contribution in [3.8, 4) is 0 Å². The Labute approximate surface area is 68.6 Å². The molecule has 0 fully saturated rings. The molecule has 0 rings (SSSR count). The zero-order valence-corrected chi connectivity index (χ0v) is 7.40. The molecule has 0 saturated carbocycles. The number of unbranched alkanes of at least 4 members (excludes halogenated alkanes) is 1. The van der Waals surface area contributed by atoms with E-state index in [1.165, 1.54) is 0 Å². The maximum absolute atomic E-state index is 8.07. The van der Waals surface area contributed by atoms with Crippen LogP contribution in [0.4, 0.5) is 0 Å². The van der Waals surface area contributed by atoms with Crippen molar-refractivity contribution in [1.29, 1.82) is 0 Å². The second-order valence-electron chi connectivity index (χ2n) is 1.08. The zero-order chi connectivity index (χ0) is 6.12. The molecule has 0 heterocycles. The van der Waals surface area contributed by atoms with Gasteiger partial charge in [-0.2, -0.15) is 6.92 Å². The number of hydrogen-bond donors (Lipinski definition) is 1. The molecule has 1 nitrogen and oxygen atoms in total. The first-order chi connectivity index (χ1) is 3.41. The minimum Gasteiger partial charge on any atom is -0.396 e. The van der Waals surface area contributed by atoms with Gasteiger partial charge in [0, 0.05) is 6.61 Å². The Balaban J connectivity index is -0.0000000750. The quantitative estimate of drug-likeness (QED) is 0.437. The molecule has 0 atom stereocenters. The molecule has 8 heavy (non-hydrogen) atoms. The molecule has 0 aromatic rings. The summed E-state index contributed by atoms with van der Waals surface area (Å²) in [4.78, 5) is 0. The van der Waals surface area contributed by atoms with Crippen molar-refractivity contribution in [1.82, 2.24) is 0 Å². The molecule has 1 N–H and O–H groups in total. The van der Waals surface area contributed by atoms with E-state index in [1.54, 1.807) is 6.92 Å². The second-order valence-corrected chi connectivity index (χ2v) is 1.08. The van der Waals surface area contributed by atoms with Crippen LogP contribution >= 0.6 is 0 Å². The third kappa shape index (κ3) is 29.7. The maximum Gasteiger partial charge on any atom is 2.00 e. The van der Waals surface area contributed by atoms with E-state index in [2.05, 4.69) is 13.8 Å². The monoisotopic (exact) mass is 127 g/mol. The van der Waals surface area contributed by atoms with Gasteiger partial charge in [0.15, 0.2) is 0 Å². The van der Waals surface area contributed by atoms with Gasteiger partial charge in [-0.1, -0.05) is 13.3 Å². The summed E-state index contributed by atoms with van der Waals surface area (Å²) in [6.45, 7) is 7.40. The molecule has 0 aliphatic heterocycles. The standard InChI is InChI=1S/C4H10O.C2H5.Mg/c1-2-3-4-5;1-2;/h5H,2-4H2,1H3;1H2,2H3;/q;-1;+2. The van der Waals surface area contributed by atoms with E-state index >= 15 is 0 Å². The predicted molar refractivity (Wildman–Crippen MR) is 38.8 cm³/mol.